The van der Waals surface area contributed by atoms with Crippen LogP contribution >= 0.6 is 0 Å². The van der Waals surface area contributed by atoms with Crippen LogP contribution in [0, 0.1) is 5.21 Å². The number of hydrogen-bond donors (Lipinski definition) is 1. The summed E-state index contributed by atoms with van der Waals surface area (Å²) >= 11 is 0. The van der Waals surface area contributed by atoms with Gasteiger partial charge in [-0.15, -0.1) is 0 Å². The molecule has 3 nitrogen and oxygen atoms in total. The third kappa shape index (κ3) is 12.0. The third-order valence-corrected chi connectivity index (χ3v) is 2.86. The molecule has 1 unspecified atom stereocenters. The van der Waals surface area contributed by atoms with Crippen molar-refractivity contribution in [1.29, 1.82) is 0 Å². The van der Waals surface area contributed by atoms with Crippen LogP contribution in [-0.2, 0) is 0 Å². The van der Waals surface area contributed by atoms with E-state index in [9.17, 15) is 10.3 Å². The lowest BCUT2D eigenvalue weighted by molar-refractivity contribution is 0.132. The molecule has 0 amide bonds. The molecule has 0 radical (unpaired) electrons. The number of hydrogen-bond acceptors (Lipinski definition) is 3. The molecule has 0 aromatic rings. The lowest BCUT2D eigenvalue weighted by atomic mass is 10.1. The summed E-state index contributed by atoms with van der Waals surface area (Å²) in [7, 11) is 1.46. The fourth-order valence-electron chi connectivity index (χ4n) is 1.90. The second kappa shape index (κ2) is 11.4. The lowest BCUT2D eigenvalue weighted by Gasteiger charge is -2.25. The predicted molar refractivity (Wildman–Crippen MR) is 69.2 cm³/mol. The number of likely N-dealkylation sites (N-methyl/N-ethyl adjacent to an activating group) is 1. The highest BCUT2D eigenvalue weighted by atomic mass is 16.5. The summed E-state index contributed by atoms with van der Waals surface area (Å²) in [6, 6.07) is 0. The summed E-state index contributed by atoms with van der Waals surface area (Å²) in [5.74, 6) is 0. The van der Waals surface area contributed by atoms with Crippen LogP contribution in [-0.4, -0.2) is 29.9 Å². The molecule has 3 heteroatoms. The van der Waals surface area contributed by atoms with Gasteiger partial charge >= 0.3 is 0 Å². The van der Waals surface area contributed by atoms with Gasteiger partial charge in [-0.3, -0.25) is 0 Å². The van der Waals surface area contributed by atoms with Crippen molar-refractivity contribution in [2.75, 3.05) is 13.6 Å². The summed E-state index contributed by atoms with van der Waals surface area (Å²) in [5.41, 5.74) is 0. The number of aliphatic hydroxyl groups excluding tert-OH is 1. The first-order chi connectivity index (χ1) is 7.66. The molecule has 1 atom stereocenters. The Labute approximate surface area is 100 Å². The highest BCUT2D eigenvalue weighted by Gasteiger charge is 2.02. The van der Waals surface area contributed by atoms with Crippen molar-refractivity contribution in [2.45, 2.75) is 70.8 Å². The second-order valence-corrected chi connectivity index (χ2v) is 4.73. The molecule has 0 bridgehead atoms. The quantitative estimate of drug-likeness (QED) is 0.437. The molecule has 1 N–H and O–H groups in total. The van der Waals surface area contributed by atoms with Gasteiger partial charge in [0.2, 0.25) is 0 Å². The van der Waals surface area contributed by atoms with Gasteiger partial charge in [0.05, 0.1) is 6.10 Å². The first kappa shape index (κ1) is 15.9. The second-order valence-electron chi connectivity index (χ2n) is 4.73. The molecule has 0 aromatic heterocycles. The van der Waals surface area contributed by atoms with Gasteiger partial charge in [0.15, 0.2) is 0 Å². The molecular formula is C13H28NO2-. The number of rotatable bonds is 11. The van der Waals surface area contributed by atoms with Gasteiger partial charge in [-0.2, -0.15) is 0 Å². The van der Waals surface area contributed by atoms with Gasteiger partial charge < -0.3 is 15.4 Å². The largest absolute Gasteiger partial charge is 0.785 e. The van der Waals surface area contributed by atoms with E-state index >= 15 is 0 Å². The fraction of sp³-hybridized carbons (Fsp3) is 1.00. The van der Waals surface area contributed by atoms with Gasteiger partial charge in [-0.05, 0) is 13.5 Å². The summed E-state index contributed by atoms with van der Waals surface area (Å²) in [4.78, 5) is 0. The summed E-state index contributed by atoms with van der Waals surface area (Å²) < 4.78 is 0. The van der Waals surface area contributed by atoms with Gasteiger partial charge in [-0.1, -0.05) is 58.3 Å². The summed E-state index contributed by atoms with van der Waals surface area (Å²) in [6.45, 7) is 2.48. The van der Waals surface area contributed by atoms with Gasteiger partial charge in [0, 0.05) is 6.54 Å². The van der Waals surface area contributed by atoms with Crippen LogP contribution in [0.5, 0.6) is 0 Å². The minimum atomic E-state index is -0.442. The number of nitrogens with zero attached hydrogens (tertiary/aromatic N) is 1. The van der Waals surface area contributed by atoms with Crippen LogP contribution in [0.25, 0.3) is 0 Å². The van der Waals surface area contributed by atoms with E-state index in [1.807, 2.05) is 0 Å². The van der Waals surface area contributed by atoms with E-state index in [0.717, 1.165) is 17.9 Å². The summed E-state index contributed by atoms with van der Waals surface area (Å²) in [5, 5.41) is 20.9. The molecule has 16 heavy (non-hydrogen) atoms. The van der Waals surface area contributed by atoms with E-state index in [0.29, 0.717) is 0 Å². The molecule has 0 aromatic carbocycles. The first-order valence-electron chi connectivity index (χ1n) is 6.73. The van der Waals surface area contributed by atoms with Crippen LogP contribution in [0.15, 0.2) is 0 Å². The van der Waals surface area contributed by atoms with Crippen LogP contribution in [0.3, 0.4) is 0 Å². The minimum absolute atomic E-state index is 0.247. The monoisotopic (exact) mass is 230 g/mol. The Morgan fingerprint density at radius 1 is 1.00 bits per heavy atom. The molecule has 0 saturated carbocycles. The third-order valence-electron chi connectivity index (χ3n) is 2.86. The van der Waals surface area contributed by atoms with Crippen molar-refractivity contribution in [3.63, 3.8) is 0 Å². The van der Waals surface area contributed by atoms with Crippen molar-refractivity contribution in [1.82, 2.24) is 5.06 Å². The van der Waals surface area contributed by atoms with Crippen LogP contribution in [0.4, 0.5) is 0 Å². The van der Waals surface area contributed by atoms with Crippen molar-refractivity contribution < 1.29 is 5.11 Å². The molecule has 0 spiro atoms. The average Bonchev–Trinajstić information content (AvgIpc) is 2.21. The Balaban J connectivity index is 3.08. The highest BCUT2D eigenvalue weighted by Crippen LogP contribution is 2.10. The van der Waals surface area contributed by atoms with Gasteiger partial charge in [0.1, 0.15) is 0 Å². The van der Waals surface area contributed by atoms with Crippen LogP contribution in [0.2, 0.25) is 0 Å². The fourth-order valence-corrected chi connectivity index (χ4v) is 1.90. The average molecular weight is 230 g/mol. The molecule has 0 aliphatic carbocycles. The van der Waals surface area contributed by atoms with Crippen molar-refractivity contribution in [3.8, 4) is 0 Å². The molecule has 0 aliphatic heterocycles. The van der Waals surface area contributed by atoms with E-state index in [-0.39, 0.29) is 6.54 Å². The topological polar surface area (TPSA) is 46.5 Å². The molecule has 98 valence electrons. The van der Waals surface area contributed by atoms with E-state index in [4.69, 9.17) is 0 Å². The van der Waals surface area contributed by atoms with E-state index in [1.165, 1.54) is 52.0 Å². The Hall–Kier alpha value is -0.120. The van der Waals surface area contributed by atoms with E-state index < -0.39 is 6.10 Å². The van der Waals surface area contributed by atoms with E-state index in [2.05, 4.69) is 6.92 Å². The van der Waals surface area contributed by atoms with Crippen molar-refractivity contribution >= 4 is 0 Å². The molecule has 0 saturated heterocycles. The highest BCUT2D eigenvalue weighted by molar-refractivity contribution is 4.61. The maximum absolute atomic E-state index is 10.6. The summed E-state index contributed by atoms with van der Waals surface area (Å²) in [6.07, 6.45) is 10.5. The number of aliphatic hydroxyl groups is 1. The van der Waals surface area contributed by atoms with Crippen LogP contribution < -0.4 is 0 Å². The zero-order valence-corrected chi connectivity index (χ0v) is 11.0. The zero-order chi connectivity index (χ0) is 12.2. The number of unbranched alkanes of at least 4 members (excludes halogenated alkanes) is 7. The molecule has 0 heterocycles. The van der Waals surface area contributed by atoms with Crippen LogP contribution in [0.1, 0.15) is 64.7 Å². The molecule has 0 rings (SSSR count). The maximum atomic E-state index is 10.6. The smallest absolute Gasteiger partial charge is 0.0657 e. The van der Waals surface area contributed by atoms with E-state index in [1.54, 1.807) is 0 Å². The van der Waals surface area contributed by atoms with Gasteiger partial charge in [-0.25, -0.2) is 0 Å². The maximum Gasteiger partial charge on any atom is 0.0657 e. The Kier molecular flexibility index (Phi) is 11.3. The molecular weight excluding hydrogens is 202 g/mol. The first-order valence-corrected chi connectivity index (χ1v) is 6.73. The zero-order valence-electron chi connectivity index (χ0n) is 11.0. The standard InChI is InChI=1S/C13H28NO2/c1-3-4-5-6-7-8-9-10-11-13(15)12-14(2)16/h13,15H,3-12H2,1-2H3/q-1. The Bertz CT molecular complexity index is 140. The number of hydroxylamine groups is 2. The minimum Gasteiger partial charge on any atom is -0.785 e. The predicted octanol–water partition coefficient (Wildman–Crippen LogP) is 3.31. The Morgan fingerprint density at radius 3 is 2.00 bits per heavy atom. The molecule has 0 aliphatic rings. The van der Waals surface area contributed by atoms with Gasteiger partial charge in [0.25, 0.3) is 0 Å². The molecule has 0 fully saturated rings. The normalized spacial score (nSPS) is 13.3. The Morgan fingerprint density at radius 2 is 1.50 bits per heavy atom. The SMILES string of the molecule is CCCCCCCCCCC(O)CN(C)[O-]. The van der Waals surface area contributed by atoms with Crippen molar-refractivity contribution in [2.24, 2.45) is 0 Å². The van der Waals surface area contributed by atoms with Crippen molar-refractivity contribution in [3.05, 3.63) is 5.21 Å². The lowest BCUT2D eigenvalue weighted by Crippen LogP contribution is -2.24.